The fourth-order valence-electron chi connectivity index (χ4n) is 2.71. The highest BCUT2D eigenvalue weighted by Gasteiger charge is 2.40. The van der Waals surface area contributed by atoms with Gasteiger partial charge in [0.1, 0.15) is 12.4 Å². The maximum atomic E-state index is 11.1. The number of aliphatic carboxylic acids is 1. The molecular formula is C17H30N3O2+. The first-order valence-electron chi connectivity index (χ1n) is 8.27. The summed E-state index contributed by atoms with van der Waals surface area (Å²) in [7, 11) is 0. The number of unbranched alkanes of at least 4 members (excludes halogenated alkanes) is 4. The smallest absolute Gasteiger partial charge is 0.360 e. The van der Waals surface area contributed by atoms with Gasteiger partial charge in [-0.3, -0.25) is 5.73 Å². The molecule has 0 aliphatic carbocycles. The molecule has 0 bridgehead atoms. The Bertz CT molecular complexity index is 441. The van der Waals surface area contributed by atoms with Crippen LogP contribution >= 0.6 is 0 Å². The van der Waals surface area contributed by atoms with Crippen LogP contribution in [-0.2, 0) is 4.79 Å². The van der Waals surface area contributed by atoms with E-state index in [0.717, 1.165) is 44.4 Å². The predicted molar refractivity (Wildman–Crippen MR) is 90.1 cm³/mol. The fraction of sp³-hybridized carbons (Fsp3) is 0.647. The van der Waals surface area contributed by atoms with E-state index in [9.17, 15) is 4.79 Å². The lowest BCUT2D eigenvalue weighted by Gasteiger charge is -2.34. The number of hydrogen-bond donors (Lipinski definition) is 2. The molecule has 1 aliphatic heterocycles. The average Bonchev–Trinajstić information content (AvgIpc) is 2.85. The van der Waals surface area contributed by atoms with Gasteiger partial charge in [-0.05, 0) is 25.7 Å². The molecule has 0 aromatic heterocycles. The first-order chi connectivity index (χ1) is 10.5. The van der Waals surface area contributed by atoms with Crippen LogP contribution in [0.1, 0.15) is 58.8 Å². The molecule has 1 rings (SSSR count). The number of carboxylic acid groups (broad SMARTS) is 1. The Hall–Kier alpha value is -1.46. The largest absolute Gasteiger partial charge is 0.477 e. The van der Waals surface area contributed by atoms with Crippen molar-refractivity contribution < 1.29 is 14.4 Å². The minimum absolute atomic E-state index is 0.0350. The van der Waals surface area contributed by atoms with Crippen LogP contribution < -0.4 is 5.73 Å². The van der Waals surface area contributed by atoms with Crippen LogP contribution in [-0.4, -0.2) is 34.1 Å². The molecule has 5 heteroatoms. The van der Waals surface area contributed by atoms with E-state index in [1.165, 1.54) is 6.42 Å². The lowest BCUT2D eigenvalue weighted by atomic mass is 10.1. The zero-order valence-electron chi connectivity index (χ0n) is 13.9. The van der Waals surface area contributed by atoms with E-state index in [2.05, 4.69) is 24.1 Å². The molecule has 0 saturated carbocycles. The topological polar surface area (TPSA) is 75.7 Å². The highest BCUT2D eigenvalue weighted by Crippen LogP contribution is 2.23. The zero-order valence-corrected chi connectivity index (χ0v) is 13.9. The summed E-state index contributed by atoms with van der Waals surface area (Å²) >= 11 is 0. The standard InChI is InChI=1S/C17H29N3O2/c1-3-4-5-6-7-8-9-10-11-16-19-12-13-20(16,15(2)18)14-17(21)22/h5-6,12-13,15H,3-4,7-11,14,18H2,1-2H3/p+1/b6-5+. The molecule has 124 valence electrons. The van der Waals surface area contributed by atoms with Gasteiger partial charge >= 0.3 is 5.97 Å². The number of amidine groups is 1. The third-order valence-electron chi connectivity index (χ3n) is 4.05. The quantitative estimate of drug-likeness (QED) is 0.349. The van der Waals surface area contributed by atoms with Crippen molar-refractivity contribution in [1.82, 2.24) is 0 Å². The van der Waals surface area contributed by atoms with Crippen molar-refractivity contribution in [3.8, 4) is 0 Å². The Morgan fingerprint density at radius 2 is 2.09 bits per heavy atom. The normalized spacial score (nSPS) is 22.2. The van der Waals surface area contributed by atoms with Crippen molar-refractivity contribution in [3.63, 3.8) is 0 Å². The van der Waals surface area contributed by atoms with Crippen LogP contribution in [0.3, 0.4) is 0 Å². The van der Waals surface area contributed by atoms with Gasteiger partial charge in [0.15, 0.2) is 6.54 Å². The summed E-state index contributed by atoms with van der Waals surface area (Å²) in [6, 6.07) is 0. The van der Waals surface area contributed by atoms with Gasteiger partial charge in [-0.15, -0.1) is 0 Å². The Kier molecular flexibility index (Phi) is 8.06. The maximum absolute atomic E-state index is 11.1. The first kappa shape index (κ1) is 18.6. The van der Waals surface area contributed by atoms with Crippen molar-refractivity contribution in [2.45, 2.75) is 65.0 Å². The molecule has 0 amide bonds. The summed E-state index contributed by atoms with van der Waals surface area (Å²) in [5, 5.41) is 9.15. The summed E-state index contributed by atoms with van der Waals surface area (Å²) < 4.78 is 0.158. The van der Waals surface area contributed by atoms with E-state index in [1.54, 1.807) is 6.20 Å². The molecule has 1 aliphatic rings. The number of quaternary nitrogens is 1. The summed E-state index contributed by atoms with van der Waals surface area (Å²) in [6.45, 7) is 3.99. The van der Waals surface area contributed by atoms with Gasteiger partial charge in [-0.25, -0.2) is 14.3 Å². The molecule has 0 aromatic carbocycles. The number of allylic oxidation sites excluding steroid dienone is 2. The van der Waals surface area contributed by atoms with Gasteiger partial charge in [0.05, 0.1) is 6.20 Å². The van der Waals surface area contributed by atoms with Crippen molar-refractivity contribution >= 4 is 11.8 Å². The van der Waals surface area contributed by atoms with E-state index in [4.69, 9.17) is 10.8 Å². The van der Waals surface area contributed by atoms with E-state index in [-0.39, 0.29) is 17.2 Å². The van der Waals surface area contributed by atoms with Crippen LogP contribution in [0.4, 0.5) is 0 Å². The van der Waals surface area contributed by atoms with Crippen LogP contribution in [0.2, 0.25) is 0 Å². The van der Waals surface area contributed by atoms with Crippen molar-refractivity contribution in [1.29, 1.82) is 0 Å². The summed E-state index contributed by atoms with van der Waals surface area (Å²) in [5.41, 5.74) is 6.04. The van der Waals surface area contributed by atoms with Gasteiger partial charge in [0, 0.05) is 13.3 Å². The second-order valence-electron chi connectivity index (χ2n) is 5.93. The highest BCUT2D eigenvalue weighted by atomic mass is 16.4. The second-order valence-corrected chi connectivity index (χ2v) is 5.93. The molecule has 5 nitrogen and oxygen atoms in total. The lowest BCUT2D eigenvalue weighted by Crippen LogP contribution is -2.59. The van der Waals surface area contributed by atoms with Gasteiger partial charge in [-0.2, -0.15) is 0 Å². The van der Waals surface area contributed by atoms with E-state index in [0.29, 0.717) is 0 Å². The monoisotopic (exact) mass is 308 g/mol. The Morgan fingerprint density at radius 3 is 2.73 bits per heavy atom. The average molecular weight is 308 g/mol. The van der Waals surface area contributed by atoms with Crippen LogP contribution in [0, 0.1) is 0 Å². The number of carbonyl (C=O) groups is 1. The molecule has 0 aromatic rings. The molecule has 0 spiro atoms. The number of nitrogens with zero attached hydrogens (tertiary/aromatic N) is 2. The van der Waals surface area contributed by atoms with Gasteiger partial charge in [0.2, 0.25) is 5.84 Å². The maximum Gasteiger partial charge on any atom is 0.360 e. The first-order valence-corrected chi connectivity index (χ1v) is 8.27. The van der Waals surface area contributed by atoms with Gasteiger partial charge in [0.25, 0.3) is 0 Å². The minimum atomic E-state index is -0.849. The molecule has 22 heavy (non-hydrogen) atoms. The molecule has 3 N–H and O–H groups in total. The molecule has 1 heterocycles. The van der Waals surface area contributed by atoms with E-state index < -0.39 is 5.97 Å². The SMILES string of the molecule is CCC/C=C/CCCCCC1=NC=C[N+]1(CC(=O)O)C(C)N. The third-order valence-corrected chi connectivity index (χ3v) is 4.05. The van der Waals surface area contributed by atoms with Gasteiger partial charge < -0.3 is 5.11 Å². The number of hydrogen-bond acceptors (Lipinski definition) is 3. The van der Waals surface area contributed by atoms with Crippen molar-refractivity contribution in [2.24, 2.45) is 10.7 Å². The predicted octanol–water partition coefficient (Wildman–Crippen LogP) is 3.38. The van der Waals surface area contributed by atoms with E-state index >= 15 is 0 Å². The van der Waals surface area contributed by atoms with Crippen molar-refractivity contribution in [3.05, 3.63) is 24.6 Å². The number of rotatable bonds is 11. The van der Waals surface area contributed by atoms with Crippen molar-refractivity contribution in [2.75, 3.05) is 6.54 Å². The zero-order chi connectivity index (χ0) is 16.4. The fourth-order valence-corrected chi connectivity index (χ4v) is 2.71. The molecule has 0 fully saturated rings. The number of carboxylic acids is 1. The Morgan fingerprint density at radius 1 is 1.36 bits per heavy atom. The minimum Gasteiger partial charge on any atom is -0.477 e. The molecular weight excluding hydrogens is 278 g/mol. The number of nitrogens with two attached hydrogens (primary N) is 1. The number of aliphatic imine (C=N–C) groups is 1. The lowest BCUT2D eigenvalue weighted by molar-refractivity contribution is -0.805. The van der Waals surface area contributed by atoms with Crippen LogP contribution in [0.5, 0.6) is 0 Å². The highest BCUT2D eigenvalue weighted by molar-refractivity contribution is 5.81. The van der Waals surface area contributed by atoms with Crippen LogP contribution in [0.15, 0.2) is 29.5 Å². The summed E-state index contributed by atoms with van der Waals surface area (Å²) in [6.07, 6.45) is 15.3. The summed E-state index contributed by atoms with van der Waals surface area (Å²) in [4.78, 5) is 15.5. The summed E-state index contributed by atoms with van der Waals surface area (Å²) in [5.74, 6) is 0.0246. The Labute approximate surface area is 133 Å². The molecule has 2 unspecified atom stereocenters. The molecule has 0 saturated heterocycles. The van der Waals surface area contributed by atoms with E-state index in [1.807, 2.05) is 13.1 Å². The second kappa shape index (κ2) is 9.54. The Balaban J connectivity index is 2.40. The molecule has 2 atom stereocenters. The van der Waals surface area contributed by atoms with Crippen LogP contribution in [0.25, 0.3) is 0 Å². The third kappa shape index (κ3) is 5.39. The van der Waals surface area contributed by atoms with Gasteiger partial charge in [-0.1, -0.05) is 31.9 Å². The molecule has 0 radical (unpaired) electrons.